The van der Waals surface area contributed by atoms with Crippen molar-refractivity contribution in [1.29, 1.82) is 0 Å². The van der Waals surface area contributed by atoms with E-state index in [0.29, 0.717) is 54.5 Å². The Morgan fingerprint density at radius 1 is 1.07 bits per heavy atom. The number of nitrogens with zero attached hydrogens (tertiary/aromatic N) is 2. The van der Waals surface area contributed by atoms with E-state index in [-0.39, 0.29) is 23.6 Å². The topological polar surface area (TPSA) is 103 Å². The number of carbonyl (C=O) groups excluding carboxylic acids is 2. The van der Waals surface area contributed by atoms with Crippen LogP contribution in [0.15, 0.2) is 22.7 Å². The number of likely N-dealkylation sites (tertiary alicyclic amines) is 1. The van der Waals surface area contributed by atoms with Crippen LogP contribution in [0.4, 0.5) is 0 Å². The first-order chi connectivity index (χ1) is 14.0. The quantitative estimate of drug-likeness (QED) is 0.787. The molecule has 3 rings (SSSR count). The highest BCUT2D eigenvalue weighted by molar-refractivity contribution is 5.96. The van der Waals surface area contributed by atoms with Crippen molar-refractivity contribution in [2.24, 2.45) is 0 Å². The Morgan fingerprint density at radius 2 is 1.69 bits per heavy atom. The van der Waals surface area contributed by atoms with Gasteiger partial charge in [0.1, 0.15) is 5.76 Å². The van der Waals surface area contributed by atoms with Crippen molar-refractivity contribution in [3.63, 3.8) is 0 Å². The molecule has 1 aromatic carbocycles. The second kappa shape index (κ2) is 8.85. The molecule has 1 fully saturated rings. The normalized spacial score (nSPS) is 14.4. The Kier molecular flexibility index (Phi) is 6.26. The molecule has 156 valence electrons. The van der Waals surface area contributed by atoms with Crippen LogP contribution in [0, 0.1) is 6.92 Å². The molecular formula is C20H25N3O6. The van der Waals surface area contributed by atoms with Crippen LogP contribution in [-0.4, -0.2) is 62.3 Å². The number of hydrogen-bond acceptors (Lipinski definition) is 7. The van der Waals surface area contributed by atoms with Gasteiger partial charge >= 0.3 is 0 Å². The molecule has 0 bridgehead atoms. The molecule has 1 aliphatic heterocycles. The zero-order valence-corrected chi connectivity index (χ0v) is 17.0. The van der Waals surface area contributed by atoms with Crippen molar-refractivity contribution in [2.45, 2.75) is 25.8 Å². The molecule has 0 aliphatic carbocycles. The van der Waals surface area contributed by atoms with E-state index in [1.54, 1.807) is 30.0 Å². The SMILES string of the molecule is COc1cc(C(=O)N2CCC(NC(=O)c3cc(C)on3)CC2)cc(OC)c1OC. The predicted octanol–water partition coefficient (Wildman–Crippen LogP) is 2.04. The predicted molar refractivity (Wildman–Crippen MR) is 104 cm³/mol. The molecule has 1 N–H and O–H groups in total. The number of methoxy groups -OCH3 is 3. The molecule has 1 saturated heterocycles. The molecule has 1 aromatic heterocycles. The minimum atomic E-state index is -0.267. The van der Waals surface area contributed by atoms with Gasteiger partial charge in [0.15, 0.2) is 17.2 Å². The Bertz CT molecular complexity index is 861. The summed E-state index contributed by atoms with van der Waals surface area (Å²) in [7, 11) is 4.54. The van der Waals surface area contributed by atoms with Crippen LogP contribution in [-0.2, 0) is 0 Å². The van der Waals surface area contributed by atoms with Crippen molar-refractivity contribution in [1.82, 2.24) is 15.4 Å². The lowest BCUT2D eigenvalue weighted by molar-refractivity contribution is 0.0696. The fourth-order valence-corrected chi connectivity index (χ4v) is 3.35. The van der Waals surface area contributed by atoms with E-state index in [9.17, 15) is 9.59 Å². The maximum Gasteiger partial charge on any atom is 0.273 e. The van der Waals surface area contributed by atoms with E-state index < -0.39 is 0 Å². The maximum atomic E-state index is 13.0. The zero-order valence-electron chi connectivity index (χ0n) is 17.0. The summed E-state index contributed by atoms with van der Waals surface area (Å²) in [5.74, 6) is 1.50. The number of piperidine rings is 1. The smallest absolute Gasteiger partial charge is 0.273 e. The monoisotopic (exact) mass is 403 g/mol. The molecule has 9 nitrogen and oxygen atoms in total. The lowest BCUT2D eigenvalue weighted by atomic mass is 10.0. The minimum Gasteiger partial charge on any atom is -0.493 e. The van der Waals surface area contributed by atoms with Crippen molar-refractivity contribution in [3.05, 3.63) is 35.2 Å². The summed E-state index contributed by atoms with van der Waals surface area (Å²) < 4.78 is 20.9. The van der Waals surface area contributed by atoms with E-state index >= 15 is 0 Å². The third-order valence-corrected chi connectivity index (χ3v) is 4.89. The molecule has 29 heavy (non-hydrogen) atoms. The number of benzene rings is 1. The van der Waals surface area contributed by atoms with E-state index in [0.717, 1.165) is 0 Å². The van der Waals surface area contributed by atoms with Gasteiger partial charge in [-0.05, 0) is 31.9 Å². The standard InChI is InChI=1S/C20H25N3O6/c1-12-9-15(22-29-12)19(24)21-14-5-7-23(8-6-14)20(25)13-10-16(26-2)18(28-4)17(11-13)27-3/h9-11,14H,5-8H2,1-4H3,(H,21,24). The van der Waals surface area contributed by atoms with Gasteiger partial charge in [0, 0.05) is 30.8 Å². The molecule has 1 aliphatic rings. The highest BCUT2D eigenvalue weighted by Gasteiger charge is 2.27. The van der Waals surface area contributed by atoms with Crippen LogP contribution < -0.4 is 19.5 Å². The van der Waals surface area contributed by atoms with Gasteiger partial charge in [0.2, 0.25) is 5.75 Å². The first-order valence-electron chi connectivity index (χ1n) is 9.30. The second-order valence-electron chi connectivity index (χ2n) is 6.78. The fraction of sp³-hybridized carbons (Fsp3) is 0.450. The van der Waals surface area contributed by atoms with Crippen LogP contribution >= 0.6 is 0 Å². The fourth-order valence-electron chi connectivity index (χ4n) is 3.35. The summed E-state index contributed by atoms with van der Waals surface area (Å²) in [5.41, 5.74) is 0.721. The van der Waals surface area contributed by atoms with Gasteiger partial charge in [-0.25, -0.2) is 0 Å². The third-order valence-electron chi connectivity index (χ3n) is 4.89. The molecule has 0 atom stereocenters. The van der Waals surface area contributed by atoms with Crippen molar-refractivity contribution < 1.29 is 28.3 Å². The number of rotatable bonds is 6. The Morgan fingerprint density at radius 3 is 2.17 bits per heavy atom. The number of nitrogens with one attached hydrogen (secondary N) is 1. The van der Waals surface area contributed by atoms with Crippen molar-refractivity contribution in [3.8, 4) is 17.2 Å². The van der Waals surface area contributed by atoms with Gasteiger partial charge in [-0.2, -0.15) is 0 Å². The average Bonchev–Trinajstić information content (AvgIpc) is 3.19. The zero-order chi connectivity index (χ0) is 21.0. The highest BCUT2D eigenvalue weighted by atomic mass is 16.5. The largest absolute Gasteiger partial charge is 0.493 e. The summed E-state index contributed by atoms with van der Waals surface area (Å²) in [6.45, 7) is 2.79. The maximum absolute atomic E-state index is 13.0. The van der Waals surface area contributed by atoms with E-state index in [2.05, 4.69) is 10.5 Å². The Hall–Kier alpha value is -3.23. The first kappa shape index (κ1) is 20.5. The number of aromatic nitrogens is 1. The Balaban J connectivity index is 1.63. The van der Waals surface area contributed by atoms with Gasteiger partial charge in [0.05, 0.1) is 21.3 Å². The molecule has 0 spiro atoms. The van der Waals surface area contributed by atoms with E-state index in [1.807, 2.05) is 0 Å². The lowest BCUT2D eigenvalue weighted by Gasteiger charge is -2.32. The van der Waals surface area contributed by atoms with Crippen LogP contribution in [0.2, 0.25) is 0 Å². The first-order valence-corrected chi connectivity index (χ1v) is 9.30. The molecule has 9 heteroatoms. The van der Waals surface area contributed by atoms with Gasteiger partial charge in [-0.3, -0.25) is 9.59 Å². The van der Waals surface area contributed by atoms with Crippen LogP contribution in [0.1, 0.15) is 39.4 Å². The minimum absolute atomic E-state index is 0.0245. The van der Waals surface area contributed by atoms with E-state index in [4.69, 9.17) is 18.7 Å². The summed E-state index contributed by atoms with van der Waals surface area (Å²) in [6.07, 6.45) is 1.30. The molecule has 0 unspecified atom stereocenters. The molecule has 2 heterocycles. The Labute approximate surface area is 168 Å². The average molecular weight is 403 g/mol. The van der Waals surface area contributed by atoms with Crippen LogP contribution in [0.25, 0.3) is 0 Å². The van der Waals surface area contributed by atoms with E-state index in [1.165, 1.54) is 21.3 Å². The number of amides is 2. The summed E-state index contributed by atoms with van der Waals surface area (Å²) in [4.78, 5) is 26.9. The van der Waals surface area contributed by atoms with Gasteiger partial charge in [0.25, 0.3) is 11.8 Å². The third kappa shape index (κ3) is 4.44. The highest BCUT2D eigenvalue weighted by Crippen LogP contribution is 2.38. The molecule has 0 radical (unpaired) electrons. The van der Waals surface area contributed by atoms with Gasteiger partial charge < -0.3 is 29.0 Å². The molecule has 2 aromatic rings. The number of hydrogen-bond donors (Lipinski definition) is 1. The second-order valence-corrected chi connectivity index (χ2v) is 6.78. The lowest BCUT2D eigenvalue weighted by Crippen LogP contribution is -2.46. The van der Waals surface area contributed by atoms with Crippen molar-refractivity contribution in [2.75, 3.05) is 34.4 Å². The van der Waals surface area contributed by atoms with Gasteiger partial charge in [-0.15, -0.1) is 0 Å². The number of carbonyl (C=O) groups is 2. The van der Waals surface area contributed by atoms with Crippen molar-refractivity contribution >= 4 is 11.8 Å². The molecule has 0 saturated carbocycles. The number of aryl methyl sites for hydroxylation is 1. The van der Waals surface area contributed by atoms with Gasteiger partial charge in [-0.1, -0.05) is 5.16 Å². The molecular weight excluding hydrogens is 378 g/mol. The van der Waals surface area contributed by atoms with Crippen LogP contribution in [0.3, 0.4) is 0 Å². The summed E-state index contributed by atoms with van der Waals surface area (Å²) in [6, 6.07) is 4.86. The molecule has 2 amide bonds. The summed E-state index contributed by atoms with van der Waals surface area (Å²) >= 11 is 0. The summed E-state index contributed by atoms with van der Waals surface area (Å²) in [5, 5.41) is 6.67. The number of ether oxygens (including phenoxy) is 3. The van der Waals surface area contributed by atoms with Crippen LogP contribution in [0.5, 0.6) is 17.2 Å².